The van der Waals surface area contributed by atoms with Gasteiger partial charge >= 0.3 is 0 Å². The van der Waals surface area contributed by atoms with E-state index in [0.717, 1.165) is 25.0 Å². The Labute approximate surface area is 108 Å². The zero-order chi connectivity index (χ0) is 13.2. The first-order chi connectivity index (χ1) is 8.74. The molecule has 0 saturated carbocycles. The van der Waals surface area contributed by atoms with Crippen molar-refractivity contribution < 1.29 is 9.53 Å². The van der Waals surface area contributed by atoms with Gasteiger partial charge in [0.05, 0.1) is 17.9 Å². The van der Waals surface area contributed by atoms with Gasteiger partial charge in [-0.3, -0.25) is 14.8 Å². The predicted molar refractivity (Wildman–Crippen MR) is 68.9 cm³/mol. The average Bonchev–Trinajstić information content (AvgIpc) is 2.39. The highest BCUT2D eigenvalue weighted by atomic mass is 16.5. The van der Waals surface area contributed by atoms with E-state index >= 15 is 0 Å². The Hall–Kier alpha value is -1.49. The van der Waals surface area contributed by atoms with Crippen molar-refractivity contribution in [2.45, 2.75) is 39.2 Å². The summed E-state index contributed by atoms with van der Waals surface area (Å²) >= 11 is 0. The standard InChI is InChI=1S/C13H21N3O2/c1-3-4-5-8-18-10-13(17)16-11(2)12-9-14-6-7-15-12/h6-7,9,11H,3-5,8,10H2,1-2H3,(H,16,17)/t11-/m1/s1. The van der Waals surface area contributed by atoms with Crippen LogP contribution in [0.2, 0.25) is 0 Å². The fourth-order valence-corrected chi connectivity index (χ4v) is 1.51. The number of hydrogen-bond donors (Lipinski definition) is 1. The number of carbonyl (C=O) groups is 1. The third-order valence-corrected chi connectivity index (χ3v) is 2.53. The highest BCUT2D eigenvalue weighted by Crippen LogP contribution is 2.05. The summed E-state index contributed by atoms with van der Waals surface area (Å²) in [7, 11) is 0. The first-order valence-corrected chi connectivity index (χ1v) is 6.37. The van der Waals surface area contributed by atoms with E-state index in [1.807, 2.05) is 6.92 Å². The summed E-state index contributed by atoms with van der Waals surface area (Å²) < 4.78 is 5.29. The van der Waals surface area contributed by atoms with Gasteiger partial charge in [-0.1, -0.05) is 19.8 Å². The molecule has 0 fully saturated rings. The molecule has 0 unspecified atom stereocenters. The molecule has 0 spiro atoms. The molecule has 0 aliphatic heterocycles. The second-order valence-corrected chi connectivity index (χ2v) is 4.18. The Bertz CT molecular complexity index is 343. The monoisotopic (exact) mass is 251 g/mol. The van der Waals surface area contributed by atoms with Gasteiger partial charge in [0, 0.05) is 19.0 Å². The van der Waals surface area contributed by atoms with Crippen LogP contribution in [0.15, 0.2) is 18.6 Å². The van der Waals surface area contributed by atoms with Crippen LogP contribution in [0.25, 0.3) is 0 Å². The Morgan fingerprint density at radius 3 is 2.94 bits per heavy atom. The molecule has 1 atom stereocenters. The maximum atomic E-state index is 11.6. The maximum Gasteiger partial charge on any atom is 0.246 e. The maximum absolute atomic E-state index is 11.6. The number of carbonyl (C=O) groups excluding carboxylic acids is 1. The van der Waals surface area contributed by atoms with E-state index in [4.69, 9.17) is 4.74 Å². The number of unbranched alkanes of at least 4 members (excludes halogenated alkanes) is 2. The molecule has 1 aromatic heterocycles. The van der Waals surface area contributed by atoms with Gasteiger partial charge in [-0.25, -0.2) is 0 Å². The summed E-state index contributed by atoms with van der Waals surface area (Å²) in [6.07, 6.45) is 8.15. The first kappa shape index (κ1) is 14.6. The first-order valence-electron chi connectivity index (χ1n) is 6.37. The smallest absolute Gasteiger partial charge is 0.246 e. The molecule has 5 nitrogen and oxygen atoms in total. The summed E-state index contributed by atoms with van der Waals surface area (Å²) in [5, 5.41) is 2.82. The molecule has 0 saturated heterocycles. The molecule has 1 heterocycles. The van der Waals surface area contributed by atoms with Crippen molar-refractivity contribution in [3.05, 3.63) is 24.3 Å². The summed E-state index contributed by atoms with van der Waals surface area (Å²) in [6, 6.07) is -0.148. The lowest BCUT2D eigenvalue weighted by Crippen LogP contribution is -2.30. The molecule has 0 aromatic carbocycles. The number of ether oxygens (including phenoxy) is 1. The second kappa shape index (κ2) is 8.58. The highest BCUT2D eigenvalue weighted by Gasteiger charge is 2.10. The SMILES string of the molecule is CCCCCOCC(=O)N[C@H](C)c1cnccn1. The molecular weight excluding hydrogens is 230 g/mol. The number of rotatable bonds is 8. The molecule has 1 rings (SSSR count). The lowest BCUT2D eigenvalue weighted by molar-refractivity contribution is -0.126. The summed E-state index contributed by atoms with van der Waals surface area (Å²) in [4.78, 5) is 19.7. The van der Waals surface area contributed by atoms with E-state index in [1.165, 1.54) is 0 Å². The molecule has 18 heavy (non-hydrogen) atoms. The third-order valence-electron chi connectivity index (χ3n) is 2.53. The number of amides is 1. The van der Waals surface area contributed by atoms with Crippen molar-refractivity contribution in [1.82, 2.24) is 15.3 Å². The molecule has 0 bridgehead atoms. The molecule has 0 aliphatic carbocycles. The van der Waals surface area contributed by atoms with Crippen LogP contribution in [0.3, 0.4) is 0 Å². The van der Waals surface area contributed by atoms with E-state index in [-0.39, 0.29) is 18.6 Å². The lowest BCUT2D eigenvalue weighted by Gasteiger charge is -2.12. The van der Waals surface area contributed by atoms with Crippen LogP contribution in [0, 0.1) is 0 Å². The molecule has 0 aliphatic rings. The van der Waals surface area contributed by atoms with Crippen LogP contribution in [0.1, 0.15) is 44.8 Å². The van der Waals surface area contributed by atoms with Gasteiger partial charge in [-0.2, -0.15) is 0 Å². The van der Waals surface area contributed by atoms with Gasteiger partial charge in [0.1, 0.15) is 6.61 Å². The van der Waals surface area contributed by atoms with Crippen LogP contribution in [0.5, 0.6) is 0 Å². The topological polar surface area (TPSA) is 64.1 Å². The minimum absolute atomic E-state index is 0.105. The summed E-state index contributed by atoms with van der Waals surface area (Å²) in [6.45, 7) is 4.75. The van der Waals surface area contributed by atoms with E-state index in [9.17, 15) is 4.79 Å². The van der Waals surface area contributed by atoms with Gasteiger partial charge < -0.3 is 10.1 Å². The van der Waals surface area contributed by atoms with E-state index in [0.29, 0.717) is 6.61 Å². The molecule has 0 radical (unpaired) electrons. The van der Waals surface area contributed by atoms with E-state index < -0.39 is 0 Å². The van der Waals surface area contributed by atoms with Gasteiger partial charge in [0.15, 0.2) is 0 Å². The lowest BCUT2D eigenvalue weighted by atomic mass is 10.2. The molecule has 1 amide bonds. The van der Waals surface area contributed by atoms with Crippen LogP contribution in [-0.2, 0) is 9.53 Å². The van der Waals surface area contributed by atoms with Crippen molar-refractivity contribution in [2.24, 2.45) is 0 Å². The fourth-order valence-electron chi connectivity index (χ4n) is 1.51. The van der Waals surface area contributed by atoms with Crippen LogP contribution in [-0.4, -0.2) is 29.1 Å². The number of hydrogen-bond acceptors (Lipinski definition) is 4. The van der Waals surface area contributed by atoms with E-state index in [2.05, 4.69) is 22.2 Å². The normalized spacial score (nSPS) is 12.1. The van der Waals surface area contributed by atoms with Crippen molar-refractivity contribution >= 4 is 5.91 Å². The zero-order valence-electron chi connectivity index (χ0n) is 11.1. The Morgan fingerprint density at radius 2 is 2.28 bits per heavy atom. The van der Waals surface area contributed by atoms with Crippen molar-refractivity contribution in [3.63, 3.8) is 0 Å². The van der Waals surface area contributed by atoms with Crippen LogP contribution >= 0.6 is 0 Å². The minimum atomic E-state index is -0.148. The van der Waals surface area contributed by atoms with Crippen molar-refractivity contribution in [1.29, 1.82) is 0 Å². The Balaban J connectivity index is 2.20. The second-order valence-electron chi connectivity index (χ2n) is 4.18. The molecule has 5 heteroatoms. The number of nitrogens with one attached hydrogen (secondary N) is 1. The van der Waals surface area contributed by atoms with Gasteiger partial charge in [0.2, 0.25) is 5.91 Å². The molecule has 100 valence electrons. The van der Waals surface area contributed by atoms with Crippen LogP contribution in [0.4, 0.5) is 0 Å². The Morgan fingerprint density at radius 1 is 1.44 bits per heavy atom. The largest absolute Gasteiger partial charge is 0.372 e. The number of aromatic nitrogens is 2. The average molecular weight is 251 g/mol. The van der Waals surface area contributed by atoms with E-state index in [1.54, 1.807) is 18.6 Å². The van der Waals surface area contributed by atoms with Crippen LogP contribution < -0.4 is 5.32 Å². The van der Waals surface area contributed by atoms with Crippen molar-refractivity contribution in [3.8, 4) is 0 Å². The highest BCUT2D eigenvalue weighted by molar-refractivity contribution is 5.77. The fraction of sp³-hybridized carbons (Fsp3) is 0.615. The third kappa shape index (κ3) is 5.72. The molecule has 1 aromatic rings. The molecule has 1 N–H and O–H groups in total. The predicted octanol–water partition coefficient (Wildman–Crippen LogP) is 1.86. The zero-order valence-corrected chi connectivity index (χ0v) is 11.1. The summed E-state index contributed by atoms with van der Waals surface area (Å²) in [5.41, 5.74) is 0.747. The summed E-state index contributed by atoms with van der Waals surface area (Å²) in [5.74, 6) is -0.121. The number of nitrogens with zero attached hydrogens (tertiary/aromatic N) is 2. The Kier molecular flexibility index (Phi) is 6.94. The molecular formula is C13H21N3O2. The van der Waals surface area contributed by atoms with Gasteiger partial charge in [0.25, 0.3) is 0 Å². The minimum Gasteiger partial charge on any atom is -0.372 e. The van der Waals surface area contributed by atoms with Crippen molar-refractivity contribution in [2.75, 3.05) is 13.2 Å². The van der Waals surface area contributed by atoms with Gasteiger partial charge in [-0.15, -0.1) is 0 Å². The van der Waals surface area contributed by atoms with Gasteiger partial charge in [-0.05, 0) is 13.3 Å². The quantitative estimate of drug-likeness (QED) is 0.716.